The van der Waals surface area contributed by atoms with E-state index in [1.165, 1.54) is 10.7 Å². The fourth-order valence-corrected chi connectivity index (χ4v) is 2.57. The minimum Gasteiger partial charge on any atom is -0.381 e. The summed E-state index contributed by atoms with van der Waals surface area (Å²) < 4.78 is 20.9. The molecule has 0 radical (unpaired) electrons. The summed E-state index contributed by atoms with van der Waals surface area (Å²) in [4.78, 5) is 12.1. The number of halogens is 1. The van der Waals surface area contributed by atoms with Crippen molar-refractivity contribution < 1.29 is 13.9 Å². The van der Waals surface area contributed by atoms with Crippen molar-refractivity contribution in [1.29, 1.82) is 0 Å². The molecule has 0 atom stereocenters. The number of hydrogen-bond acceptors (Lipinski definition) is 3. The van der Waals surface area contributed by atoms with E-state index >= 15 is 0 Å². The van der Waals surface area contributed by atoms with Gasteiger partial charge in [-0.25, -0.2) is 13.9 Å². The smallest absolute Gasteiger partial charge is 0.319 e. The number of nitrogens with one attached hydrogen (secondary N) is 2. The molecule has 1 aromatic heterocycles. The van der Waals surface area contributed by atoms with Crippen molar-refractivity contribution in [1.82, 2.24) is 15.1 Å². The van der Waals surface area contributed by atoms with E-state index in [0.29, 0.717) is 24.6 Å². The van der Waals surface area contributed by atoms with Gasteiger partial charge in [0, 0.05) is 36.8 Å². The van der Waals surface area contributed by atoms with Crippen molar-refractivity contribution in [2.24, 2.45) is 0 Å². The van der Waals surface area contributed by atoms with E-state index in [1.54, 1.807) is 30.6 Å². The van der Waals surface area contributed by atoms with Gasteiger partial charge in [0.2, 0.25) is 0 Å². The van der Waals surface area contributed by atoms with Crippen molar-refractivity contribution in [3.63, 3.8) is 0 Å². The van der Waals surface area contributed by atoms with E-state index in [2.05, 4.69) is 15.7 Å². The number of ether oxygens (including phenoxy) is 1. The van der Waals surface area contributed by atoms with Crippen LogP contribution in [0.5, 0.6) is 0 Å². The lowest BCUT2D eigenvalue weighted by molar-refractivity contribution is 0.0500. The van der Waals surface area contributed by atoms with Crippen molar-refractivity contribution in [3.8, 4) is 5.69 Å². The number of hydrogen-bond donors (Lipinski definition) is 2. The van der Waals surface area contributed by atoms with Crippen LogP contribution in [0.15, 0.2) is 36.7 Å². The van der Waals surface area contributed by atoms with Crippen molar-refractivity contribution >= 4 is 11.7 Å². The molecule has 122 valence electrons. The highest BCUT2D eigenvalue weighted by atomic mass is 19.1. The molecule has 0 saturated carbocycles. The standard InChI is InChI=1S/C16H19FN4O2/c1-16(5-9-23-10-6-16)20-15(22)19-12-3-4-14(13(17)11-12)21-8-2-7-18-21/h2-4,7-8,11H,5-6,9-10H2,1H3,(H2,19,20,22). The third-order valence-electron chi connectivity index (χ3n) is 3.97. The Balaban J connectivity index is 1.66. The quantitative estimate of drug-likeness (QED) is 0.914. The van der Waals surface area contributed by atoms with Gasteiger partial charge in [0.25, 0.3) is 0 Å². The molecule has 1 aliphatic heterocycles. The largest absolute Gasteiger partial charge is 0.381 e. The zero-order chi connectivity index (χ0) is 16.3. The van der Waals surface area contributed by atoms with Crippen LogP contribution >= 0.6 is 0 Å². The van der Waals surface area contributed by atoms with Crippen LogP contribution in [0.2, 0.25) is 0 Å². The zero-order valence-electron chi connectivity index (χ0n) is 12.9. The van der Waals surface area contributed by atoms with E-state index in [1.807, 2.05) is 6.92 Å². The Morgan fingerprint density at radius 3 is 2.83 bits per heavy atom. The molecule has 6 nitrogen and oxygen atoms in total. The number of carbonyl (C=O) groups excluding carboxylic acids is 1. The van der Waals surface area contributed by atoms with Crippen LogP contribution < -0.4 is 10.6 Å². The van der Waals surface area contributed by atoms with Crippen molar-refractivity contribution in [3.05, 3.63) is 42.5 Å². The number of carbonyl (C=O) groups is 1. The number of anilines is 1. The van der Waals surface area contributed by atoms with Gasteiger partial charge in [0.05, 0.1) is 0 Å². The Morgan fingerprint density at radius 2 is 2.17 bits per heavy atom. The number of aromatic nitrogens is 2. The highest BCUT2D eigenvalue weighted by molar-refractivity contribution is 5.89. The van der Waals surface area contributed by atoms with E-state index in [0.717, 1.165) is 12.8 Å². The summed E-state index contributed by atoms with van der Waals surface area (Å²) >= 11 is 0. The number of rotatable bonds is 3. The minimum atomic E-state index is -0.455. The zero-order valence-corrected chi connectivity index (χ0v) is 12.9. The maximum Gasteiger partial charge on any atom is 0.319 e. The topological polar surface area (TPSA) is 68.2 Å². The molecule has 1 fully saturated rings. The molecule has 0 bridgehead atoms. The molecule has 1 aliphatic rings. The van der Waals surface area contributed by atoms with Gasteiger partial charge in [0.1, 0.15) is 5.69 Å². The SMILES string of the molecule is CC1(NC(=O)Nc2ccc(-n3cccn3)c(F)c2)CCOCC1. The molecule has 1 aromatic carbocycles. The first-order chi connectivity index (χ1) is 11.1. The van der Waals surface area contributed by atoms with Gasteiger partial charge in [0.15, 0.2) is 5.82 Å². The third-order valence-corrected chi connectivity index (χ3v) is 3.97. The second-order valence-corrected chi connectivity index (χ2v) is 5.87. The van der Waals surface area contributed by atoms with Crippen LogP contribution in [0.1, 0.15) is 19.8 Å². The Bertz CT molecular complexity index is 681. The van der Waals surface area contributed by atoms with E-state index in [-0.39, 0.29) is 11.6 Å². The highest BCUT2D eigenvalue weighted by Gasteiger charge is 2.28. The maximum atomic E-state index is 14.1. The first-order valence-corrected chi connectivity index (χ1v) is 7.52. The summed E-state index contributed by atoms with van der Waals surface area (Å²) in [7, 11) is 0. The minimum absolute atomic E-state index is 0.296. The molecule has 2 heterocycles. The van der Waals surface area contributed by atoms with Gasteiger partial charge in [-0.2, -0.15) is 5.10 Å². The molecule has 1 saturated heterocycles. The normalized spacial score (nSPS) is 16.8. The van der Waals surface area contributed by atoms with Crippen molar-refractivity contribution in [2.75, 3.05) is 18.5 Å². The van der Waals surface area contributed by atoms with Crippen LogP contribution in [0.3, 0.4) is 0 Å². The van der Waals surface area contributed by atoms with E-state index in [4.69, 9.17) is 4.74 Å². The lowest BCUT2D eigenvalue weighted by atomic mass is 9.93. The average molecular weight is 318 g/mol. The molecule has 3 rings (SSSR count). The van der Waals surface area contributed by atoms with Gasteiger partial charge in [-0.1, -0.05) is 0 Å². The summed E-state index contributed by atoms with van der Waals surface area (Å²) in [5, 5.41) is 9.59. The van der Waals surface area contributed by atoms with Crippen LogP contribution in [0.4, 0.5) is 14.9 Å². The van der Waals surface area contributed by atoms with Crippen LogP contribution in [-0.2, 0) is 4.74 Å². The summed E-state index contributed by atoms with van der Waals surface area (Å²) in [5.74, 6) is -0.455. The van der Waals surface area contributed by atoms with Gasteiger partial charge in [-0.3, -0.25) is 0 Å². The first kappa shape index (κ1) is 15.5. The average Bonchev–Trinajstić information content (AvgIpc) is 3.01. The molecule has 0 aliphatic carbocycles. The van der Waals surface area contributed by atoms with Crippen LogP contribution in [0.25, 0.3) is 5.69 Å². The van der Waals surface area contributed by atoms with Gasteiger partial charge in [-0.05, 0) is 44.0 Å². The fraction of sp³-hybridized carbons (Fsp3) is 0.375. The summed E-state index contributed by atoms with van der Waals surface area (Å²) in [6, 6.07) is 5.87. The third kappa shape index (κ3) is 3.68. The lowest BCUT2D eigenvalue weighted by Crippen LogP contribution is -2.51. The first-order valence-electron chi connectivity index (χ1n) is 7.52. The van der Waals surface area contributed by atoms with Gasteiger partial charge in [-0.15, -0.1) is 0 Å². The second kappa shape index (κ2) is 6.37. The van der Waals surface area contributed by atoms with Crippen molar-refractivity contribution in [2.45, 2.75) is 25.3 Å². The summed E-state index contributed by atoms with van der Waals surface area (Å²) in [5.41, 5.74) is 0.430. The fourth-order valence-electron chi connectivity index (χ4n) is 2.57. The Hall–Kier alpha value is -2.41. The Labute approximate surface area is 133 Å². The molecule has 2 amide bonds. The Kier molecular flexibility index (Phi) is 4.29. The van der Waals surface area contributed by atoms with Crippen LogP contribution in [-0.4, -0.2) is 34.6 Å². The highest BCUT2D eigenvalue weighted by Crippen LogP contribution is 2.21. The van der Waals surface area contributed by atoms with Gasteiger partial charge < -0.3 is 15.4 Å². The summed E-state index contributed by atoms with van der Waals surface area (Å²) in [6.45, 7) is 3.24. The predicted molar refractivity (Wildman–Crippen MR) is 84.1 cm³/mol. The molecule has 7 heteroatoms. The maximum absolute atomic E-state index is 14.1. The molecule has 0 spiro atoms. The summed E-state index contributed by atoms with van der Waals surface area (Å²) in [6.07, 6.45) is 4.75. The lowest BCUT2D eigenvalue weighted by Gasteiger charge is -2.34. The molecule has 2 aromatic rings. The molecule has 0 unspecified atom stereocenters. The monoisotopic (exact) mass is 318 g/mol. The molecular formula is C16H19FN4O2. The predicted octanol–water partition coefficient (Wildman–Crippen LogP) is 2.70. The number of nitrogens with zero attached hydrogens (tertiary/aromatic N) is 2. The number of benzene rings is 1. The van der Waals surface area contributed by atoms with E-state index < -0.39 is 5.82 Å². The van der Waals surface area contributed by atoms with Crippen LogP contribution in [0, 0.1) is 5.82 Å². The molecular weight excluding hydrogens is 299 g/mol. The number of amides is 2. The van der Waals surface area contributed by atoms with E-state index in [9.17, 15) is 9.18 Å². The van der Waals surface area contributed by atoms with Gasteiger partial charge >= 0.3 is 6.03 Å². The molecule has 23 heavy (non-hydrogen) atoms. The molecule has 2 N–H and O–H groups in total. The Morgan fingerprint density at radius 1 is 1.39 bits per heavy atom. The second-order valence-electron chi connectivity index (χ2n) is 5.87. The number of urea groups is 1.